The highest BCUT2D eigenvalue weighted by molar-refractivity contribution is 5.30. The maximum Gasteiger partial charge on any atom is 0.308 e. The maximum absolute atomic E-state index is 6.46. The molecule has 1 rings (SSSR count). The van der Waals surface area contributed by atoms with Gasteiger partial charge in [0.25, 0.3) is 5.89 Å². The lowest BCUT2D eigenvalue weighted by molar-refractivity contribution is 0.521. The Morgan fingerprint density at radius 3 is 2.88 bits per heavy atom. The van der Waals surface area contributed by atoms with Crippen LogP contribution in [-0.4, -0.2) is 4.98 Å². The standard InChI is InChI=1S/C5H4N2O/c1-4-7-5(6-2)3-8-4/h3H,1H3. The second-order valence-electron chi connectivity index (χ2n) is 1.34. The molecule has 0 atom stereocenters. The molecule has 1 aromatic heterocycles. The minimum Gasteiger partial charge on any atom is -0.443 e. The predicted octanol–water partition coefficient (Wildman–Crippen LogP) is 1.53. The molecule has 0 aromatic carbocycles. The van der Waals surface area contributed by atoms with Crippen LogP contribution in [-0.2, 0) is 0 Å². The summed E-state index contributed by atoms with van der Waals surface area (Å²) in [5.41, 5.74) is 0. The van der Waals surface area contributed by atoms with E-state index in [1.54, 1.807) is 6.92 Å². The van der Waals surface area contributed by atoms with Gasteiger partial charge < -0.3 is 9.26 Å². The summed E-state index contributed by atoms with van der Waals surface area (Å²) in [6.07, 6.45) is 1.34. The number of nitrogens with zero attached hydrogens (tertiary/aromatic N) is 2. The second-order valence-corrected chi connectivity index (χ2v) is 1.34. The summed E-state index contributed by atoms with van der Waals surface area (Å²) in [5.74, 6) is 0.860. The Kier molecular flexibility index (Phi) is 1.01. The van der Waals surface area contributed by atoms with Crippen LogP contribution in [0.25, 0.3) is 4.85 Å². The van der Waals surface area contributed by atoms with Gasteiger partial charge in [-0.3, -0.25) is 0 Å². The van der Waals surface area contributed by atoms with E-state index in [4.69, 9.17) is 11.0 Å². The van der Waals surface area contributed by atoms with Crippen molar-refractivity contribution in [1.82, 2.24) is 4.98 Å². The van der Waals surface area contributed by atoms with Gasteiger partial charge in [-0.15, -0.1) is 0 Å². The highest BCUT2D eigenvalue weighted by Crippen LogP contribution is 2.08. The summed E-state index contributed by atoms with van der Waals surface area (Å²) in [4.78, 5) is 6.74. The Bertz CT molecular complexity index is 221. The Morgan fingerprint density at radius 2 is 2.62 bits per heavy atom. The molecule has 3 heteroatoms. The Balaban J connectivity index is 3.05. The summed E-state index contributed by atoms with van der Waals surface area (Å²) in [6.45, 7) is 8.16. The van der Waals surface area contributed by atoms with Crippen LogP contribution in [0, 0.1) is 13.5 Å². The fourth-order valence-corrected chi connectivity index (χ4v) is 0.403. The fourth-order valence-electron chi connectivity index (χ4n) is 0.403. The van der Waals surface area contributed by atoms with E-state index in [1.165, 1.54) is 6.26 Å². The highest BCUT2D eigenvalue weighted by Gasteiger charge is 1.97. The topological polar surface area (TPSA) is 30.4 Å². The molecule has 0 N–H and O–H groups in total. The summed E-state index contributed by atoms with van der Waals surface area (Å²) in [5, 5.41) is 0. The number of oxazole rings is 1. The van der Waals surface area contributed by atoms with Crippen molar-refractivity contribution in [2.24, 2.45) is 0 Å². The van der Waals surface area contributed by atoms with Crippen molar-refractivity contribution in [3.05, 3.63) is 23.6 Å². The average Bonchev–Trinajstić information content (AvgIpc) is 2.14. The molecule has 8 heavy (non-hydrogen) atoms. The van der Waals surface area contributed by atoms with Gasteiger partial charge in [0, 0.05) is 6.92 Å². The van der Waals surface area contributed by atoms with Gasteiger partial charge in [0.2, 0.25) is 0 Å². The summed E-state index contributed by atoms with van der Waals surface area (Å²) in [6, 6.07) is 0. The quantitative estimate of drug-likeness (QED) is 0.472. The molecule has 3 nitrogen and oxygen atoms in total. The molecule has 1 aromatic rings. The molecular weight excluding hydrogens is 104 g/mol. The first kappa shape index (κ1) is 4.85. The van der Waals surface area contributed by atoms with Crippen molar-refractivity contribution in [3.8, 4) is 0 Å². The zero-order valence-corrected chi connectivity index (χ0v) is 4.38. The van der Waals surface area contributed by atoms with Gasteiger partial charge in [-0.25, -0.2) is 0 Å². The molecule has 0 aliphatic carbocycles. The third kappa shape index (κ3) is 0.684. The summed E-state index contributed by atoms with van der Waals surface area (Å²) < 4.78 is 4.73. The molecule has 0 saturated heterocycles. The van der Waals surface area contributed by atoms with Crippen molar-refractivity contribution in [2.75, 3.05) is 0 Å². The van der Waals surface area contributed by atoms with Crippen molar-refractivity contribution in [3.63, 3.8) is 0 Å². The number of aromatic nitrogens is 1. The van der Waals surface area contributed by atoms with Gasteiger partial charge in [0.05, 0.1) is 0 Å². The largest absolute Gasteiger partial charge is 0.443 e. The van der Waals surface area contributed by atoms with E-state index >= 15 is 0 Å². The van der Waals surface area contributed by atoms with Crippen molar-refractivity contribution >= 4 is 5.82 Å². The van der Waals surface area contributed by atoms with Gasteiger partial charge in [-0.05, 0) is 0 Å². The Hall–Kier alpha value is -1.30. The normalized spacial score (nSPS) is 8.50. The van der Waals surface area contributed by atoms with Gasteiger partial charge in [-0.2, -0.15) is 0 Å². The predicted molar refractivity (Wildman–Crippen MR) is 27.5 cm³/mol. The van der Waals surface area contributed by atoms with Crippen LogP contribution in [0.4, 0.5) is 5.82 Å². The van der Waals surface area contributed by atoms with Crippen LogP contribution in [0.15, 0.2) is 10.7 Å². The van der Waals surface area contributed by atoms with Crippen molar-refractivity contribution < 1.29 is 4.42 Å². The van der Waals surface area contributed by atoms with Crippen molar-refractivity contribution in [2.45, 2.75) is 6.92 Å². The lowest BCUT2D eigenvalue weighted by Crippen LogP contribution is -1.62. The Labute approximate surface area is 46.8 Å². The van der Waals surface area contributed by atoms with Crippen LogP contribution in [0.2, 0.25) is 0 Å². The third-order valence-electron chi connectivity index (χ3n) is 0.721. The zero-order valence-electron chi connectivity index (χ0n) is 4.38. The number of rotatable bonds is 0. The van der Waals surface area contributed by atoms with E-state index in [1.807, 2.05) is 0 Å². The molecule has 0 radical (unpaired) electrons. The first-order valence-corrected chi connectivity index (χ1v) is 2.12. The van der Waals surface area contributed by atoms with Crippen LogP contribution >= 0.6 is 0 Å². The lowest BCUT2D eigenvalue weighted by Gasteiger charge is -1.64. The summed E-state index contributed by atoms with van der Waals surface area (Å²) in [7, 11) is 0. The monoisotopic (exact) mass is 108 g/mol. The van der Waals surface area contributed by atoms with E-state index in [-0.39, 0.29) is 0 Å². The van der Waals surface area contributed by atoms with Gasteiger partial charge in [-0.1, -0.05) is 11.6 Å². The van der Waals surface area contributed by atoms with Crippen LogP contribution < -0.4 is 0 Å². The van der Waals surface area contributed by atoms with E-state index in [9.17, 15) is 0 Å². The molecule has 0 aliphatic rings. The lowest BCUT2D eigenvalue weighted by atomic mass is 10.8. The second kappa shape index (κ2) is 1.66. The number of hydrogen-bond donors (Lipinski definition) is 0. The molecule has 0 spiro atoms. The van der Waals surface area contributed by atoms with Crippen LogP contribution in [0.3, 0.4) is 0 Å². The average molecular weight is 108 g/mol. The fraction of sp³-hybridized carbons (Fsp3) is 0.200. The van der Waals surface area contributed by atoms with Crippen molar-refractivity contribution in [1.29, 1.82) is 0 Å². The highest BCUT2D eigenvalue weighted by atomic mass is 16.3. The molecular formula is C5H4N2O. The molecule has 40 valence electrons. The van der Waals surface area contributed by atoms with E-state index in [0.717, 1.165) is 0 Å². The molecule has 0 aliphatic heterocycles. The van der Waals surface area contributed by atoms with Crippen LogP contribution in [0.1, 0.15) is 5.89 Å². The molecule has 0 bridgehead atoms. The van der Waals surface area contributed by atoms with E-state index in [2.05, 4.69) is 9.83 Å². The first-order chi connectivity index (χ1) is 3.83. The third-order valence-corrected chi connectivity index (χ3v) is 0.721. The van der Waals surface area contributed by atoms with E-state index < -0.39 is 0 Å². The molecule has 0 saturated carbocycles. The minimum atomic E-state index is 0.322. The Morgan fingerprint density at radius 1 is 1.88 bits per heavy atom. The van der Waals surface area contributed by atoms with Crippen LogP contribution in [0.5, 0.6) is 0 Å². The molecule has 0 fully saturated rings. The van der Waals surface area contributed by atoms with Gasteiger partial charge >= 0.3 is 5.82 Å². The smallest absolute Gasteiger partial charge is 0.308 e. The molecule has 1 heterocycles. The molecule has 0 amide bonds. The first-order valence-electron chi connectivity index (χ1n) is 2.12. The minimum absolute atomic E-state index is 0.322. The van der Waals surface area contributed by atoms with Gasteiger partial charge in [0.15, 0.2) is 0 Å². The number of aryl methyl sites for hydroxylation is 1. The maximum atomic E-state index is 6.46. The van der Waals surface area contributed by atoms with Gasteiger partial charge in [0.1, 0.15) is 6.26 Å². The SMILES string of the molecule is [C-]#[N+]c1coc(C)n1. The molecule has 0 unspecified atom stereocenters. The van der Waals surface area contributed by atoms with E-state index in [0.29, 0.717) is 11.7 Å². The number of hydrogen-bond acceptors (Lipinski definition) is 2. The zero-order chi connectivity index (χ0) is 5.98. The summed E-state index contributed by atoms with van der Waals surface area (Å²) >= 11 is 0.